The number of benzene rings is 1. The summed E-state index contributed by atoms with van der Waals surface area (Å²) in [6.45, 7) is 7.63. The molecule has 0 spiro atoms. The molecular weight excluding hydrogens is 207 g/mol. The van der Waals surface area contributed by atoms with Crippen molar-refractivity contribution in [1.82, 2.24) is 4.90 Å². The normalized spacial score (nSPS) is 10.8. The standard InChI is InChI=1S/C12H19FN2O/c1-3-15(4-2)7-8-16-12-6-5-10(13)9-11(12)14/h5-6,9H,3-4,7-8,14H2,1-2H3. The van der Waals surface area contributed by atoms with E-state index in [9.17, 15) is 4.39 Å². The molecule has 4 heteroatoms. The first-order chi connectivity index (χ1) is 7.67. The Kier molecular flexibility index (Phi) is 5.05. The zero-order valence-electron chi connectivity index (χ0n) is 9.87. The van der Waals surface area contributed by atoms with Crippen LogP contribution in [0.5, 0.6) is 5.75 Å². The molecule has 0 atom stereocenters. The van der Waals surface area contributed by atoms with Gasteiger partial charge in [-0.15, -0.1) is 0 Å². The van der Waals surface area contributed by atoms with Crippen LogP contribution in [0.1, 0.15) is 13.8 Å². The molecule has 1 aromatic rings. The Bertz CT molecular complexity index is 327. The van der Waals surface area contributed by atoms with Crippen molar-refractivity contribution in [2.45, 2.75) is 13.8 Å². The molecule has 0 aliphatic rings. The highest BCUT2D eigenvalue weighted by Gasteiger charge is 2.03. The van der Waals surface area contributed by atoms with Crippen molar-refractivity contribution in [3.63, 3.8) is 0 Å². The van der Waals surface area contributed by atoms with Crippen LogP contribution in [-0.2, 0) is 0 Å². The second-order valence-electron chi connectivity index (χ2n) is 3.56. The first-order valence-electron chi connectivity index (χ1n) is 5.57. The maximum absolute atomic E-state index is 12.8. The second-order valence-corrected chi connectivity index (χ2v) is 3.56. The zero-order chi connectivity index (χ0) is 12.0. The molecule has 0 heterocycles. The highest BCUT2D eigenvalue weighted by molar-refractivity contribution is 5.52. The Balaban J connectivity index is 2.42. The van der Waals surface area contributed by atoms with Crippen LogP contribution in [-0.4, -0.2) is 31.1 Å². The minimum Gasteiger partial charge on any atom is -0.490 e. The van der Waals surface area contributed by atoms with Crippen LogP contribution < -0.4 is 10.5 Å². The van der Waals surface area contributed by atoms with Crippen molar-refractivity contribution in [3.05, 3.63) is 24.0 Å². The number of anilines is 1. The Labute approximate surface area is 96.0 Å². The predicted molar refractivity (Wildman–Crippen MR) is 64.1 cm³/mol. The van der Waals surface area contributed by atoms with E-state index in [1.54, 1.807) is 6.07 Å². The molecule has 0 aliphatic heterocycles. The van der Waals surface area contributed by atoms with Crippen molar-refractivity contribution in [3.8, 4) is 5.75 Å². The van der Waals surface area contributed by atoms with Crippen LogP contribution >= 0.6 is 0 Å². The van der Waals surface area contributed by atoms with Gasteiger partial charge in [0.1, 0.15) is 18.2 Å². The fraction of sp³-hybridized carbons (Fsp3) is 0.500. The number of hydrogen-bond acceptors (Lipinski definition) is 3. The minimum atomic E-state index is -0.339. The van der Waals surface area contributed by atoms with Gasteiger partial charge in [-0.2, -0.15) is 0 Å². The third-order valence-electron chi connectivity index (χ3n) is 2.53. The number of nitrogens with two attached hydrogens (primary N) is 1. The molecule has 1 aromatic carbocycles. The fourth-order valence-corrected chi connectivity index (χ4v) is 1.48. The summed E-state index contributed by atoms with van der Waals surface area (Å²) >= 11 is 0. The van der Waals surface area contributed by atoms with Gasteiger partial charge in [-0.3, -0.25) is 0 Å². The van der Waals surface area contributed by atoms with Crippen molar-refractivity contribution in [2.24, 2.45) is 0 Å². The number of nitrogen functional groups attached to an aromatic ring is 1. The maximum Gasteiger partial charge on any atom is 0.142 e. The number of nitrogens with zero attached hydrogens (tertiary/aromatic N) is 1. The lowest BCUT2D eigenvalue weighted by Crippen LogP contribution is -2.28. The van der Waals surface area contributed by atoms with Gasteiger partial charge in [0.05, 0.1) is 5.69 Å². The van der Waals surface area contributed by atoms with Crippen LogP contribution in [0.25, 0.3) is 0 Å². The molecule has 90 valence electrons. The van der Waals surface area contributed by atoms with E-state index >= 15 is 0 Å². The molecule has 0 bridgehead atoms. The molecule has 0 saturated heterocycles. The number of rotatable bonds is 6. The number of hydrogen-bond donors (Lipinski definition) is 1. The molecule has 16 heavy (non-hydrogen) atoms. The lowest BCUT2D eigenvalue weighted by molar-refractivity contribution is 0.223. The van der Waals surface area contributed by atoms with Crippen molar-refractivity contribution in [1.29, 1.82) is 0 Å². The zero-order valence-corrected chi connectivity index (χ0v) is 9.87. The van der Waals surface area contributed by atoms with E-state index in [1.165, 1.54) is 12.1 Å². The molecule has 0 radical (unpaired) electrons. The molecule has 0 aromatic heterocycles. The van der Waals surface area contributed by atoms with Gasteiger partial charge in [0.25, 0.3) is 0 Å². The third kappa shape index (κ3) is 3.70. The van der Waals surface area contributed by atoms with Gasteiger partial charge >= 0.3 is 0 Å². The summed E-state index contributed by atoms with van der Waals surface area (Å²) < 4.78 is 18.3. The summed E-state index contributed by atoms with van der Waals surface area (Å²) in [7, 11) is 0. The molecule has 1 rings (SSSR count). The Morgan fingerprint density at radius 3 is 2.56 bits per heavy atom. The molecule has 0 aliphatic carbocycles. The number of ether oxygens (including phenoxy) is 1. The van der Waals surface area contributed by atoms with Gasteiger partial charge in [-0.05, 0) is 25.2 Å². The first-order valence-corrected chi connectivity index (χ1v) is 5.57. The highest BCUT2D eigenvalue weighted by Crippen LogP contribution is 2.21. The summed E-state index contributed by atoms with van der Waals surface area (Å²) in [6.07, 6.45) is 0. The fourth-order valence-electron chi connectivity index (χ4n) is 1.48. The largest absolute Gasteiger partial charge is 0.490 e. The average Bonchev–Trinajstić information content (AvgIpc) is 2.27. The van der Waals surface area contributed by atoms with Crippen LogP contribution in [0.15, 0.2) is 18.2 Å². The van der Waals surface area contributed by atoms with E-state index in [1.807, 2.05) is 0 Å². The van der Waals surface area contributed by atoms with Gasteiger partial charge in [-0.1, -0.05) is 13.8 Å². The lowest BCUT2D eigenvalue weighted by Gasteiger charge is -2.18. The Morgan fingerprint density at radius 1 is 1.31 bits per heavy atom. The van der Waals surface area contributed by atoms with Crippen molar-refractivity contribution >= 4 is 5.69 Å². The number of halogens is 1. The molecular formula is C12H19FN2O. The second kappa shape index (κ2) is 6.33. The van der Waals surface area contributed by atoms with E-state index in [0.29, 0.717) is 18.0 Å². The molecule has 3 nitrogen and oxygen atoms in total. The third-order valence-corrected chi connectivity index (χ3v) is 2.53. The van der Waals surface area contributed by atoms with Gasteiger partial charge in [0.15, 0.2) is 0 Å². The SMILES string of the molecule is CCN(CC)CCOc1ccc(F)cc1N. The van der Waals surface area contributed by atoms with Gasteiger partial charge in [0, 0.05) is 12.6 Å². The van der Waals surface area contributed by atoms with Crippen LogP contribution in [0.2, 0.25) is 0 Å². The summed E-state index contributed by atoms with van der Waals surface area (Å²) in [5, 5.41) is 0. The van der Waals surface area contributed by atoms with Gasteiger partial charge in [-0.25, -0.2) is 4.39 Å². The van der Waals surface area contributed by atoms with Crippen molar-refractivity contribution < 1.29 is 9.13 Å². The lowest BCUT2D eigenvalue weighted by atomic mass is 10.3. The van der Waals surface area contributed by atoms with Crippen LogP contribution in [0.3, 0.4) is 0 Å². The van der Waals surface area contributed by atoms with E-state index in [-0.39, 0.29) is 5.82 Å². The molecule has 0 saturated carbocycles. The van der Waals surface area contributed by atoms with Gasteiger partial charge in [0.2, 0.25) is 0 Å². The smallest absolute Gasteiger partial charge is 0.142 e. The van der Waals surface area contributed by atoms with E-state index in [0.717, 1.165) is 19.6 Å². The first kappa shape index (κ1) is 12.8. The Hall–Kier alpha value is -1.29. The van der Waals surface area contributed by atoms with Crippen LogP contribution in [0, 0.1) is 5.82 Å². The molecule has 2 N–H and O–H groups in total. The number of likely N-dealkylation sites (N-methyl/N-ethyl adjacent to an activating group) is 1. The summed E-state index contributed by atoms with van der Waals surface area (Å²) in [5.74, 6) is 0.210. The monoisotopic (exact) mass is 226 g/mol. The summed E-state index contributed by atoms with van der Waals surface area (Å²) in [5.41, 5.74) is 5.97. The van der Waals surface area contributed by atoms with E-state index in [4.69, 9.17) is 10.5 Å². The summed E-state index contributed by atoms with van der Waals surface area (Å²) in [6, 6.07) is 4.18. The minimum absolute atomic E-state index is 0.339. The quantitative estimate of drug-likeness (QED) is 0.755. The molecule has 0 fully saturated rings. The summed E-state index contributed by atoms with van der Waals surface area (Å²) in [4.78, 5) is 2.25. The van der Waals surface area contributed by atoms with E-state index in [2.05, 4.69) is 18.7 Å². The highest BCUT2D eigenvalue weighted by atomic mass is 19.1. The topological polar surface area (TPSA) is 38.5 Å². The predicted octanol–water partition coefficient (Wildman–Crippen LogP) is 2.13. The maximum atomic E-state index is 12.8. The Morgan fingerprint density at radius 2 is 2.00 bits per heavy atom. The van der Waals surface area contributed by atoms with Gasteiger partial charge < -0.3 is 15.4 Å². The van der Waals surface area contributed by atoms with Crippen molar-refractivity contribution in [2.75, 3.05) is 32.0 Å². The molecule has 0 amide bonds. The average molecular weight is 226 g/mol. The molecule has 0 unspecified atom stereocenters. The van der Waals surface area contributed by atoms with E-state index < -0.39 is 0 Å². The van der Waals surface area contributed by atoms with Crippen LogP contribution in [0.4, 0.5) is 10.1 Å².